The van der Waals surface area contributed by atoms with E-state index in [0.717, 1.165) is 18.7 Å². The molecule has 104 valence electrons. The Morgan fingerprint density at radius 1 is 1.37 bits per heavy atom. The van der Waals surface area contributed by atoms with Gasteiger partial charge < -0.3 is 9.80 Å². The summed E-state index contributed by atoms with van der Waals surface area (Å²) in [5.41, 5.74) is 2.37. The van der Waals surface area contributed by atoms with Crippen LogP contribution in [0.1, 0.15) is 38.3 Å². The normalized spacial score (nSPS) is 18.8. The van der Waals surface area contributed by atoms with Crippen molar-refractivity contribution in [2.24, 2.45) is 5.92 Å². The van der Waals surface area contributed by atoms with E-state index < -0.39 is 0 Å². The van der Waals surface area contributed by atoms with Crippen LogP contribution in [-0.2, 0) is 4.79 Å². The highest BCUT2D eigenvalue weighted by Gasteiger charge is 2.29. The minimum Gasteiger partial charge on any atom is -0.312 e. The molecule has 2 rings (SSSR count). The highest BCUT2D eigenvalue weighted by molar-refractivity contribution is 5.94. The number of hydrogen-bond donors (Lipinski definition) is 0. The molecule has 0 spiro atoms. The van der Waals surface area contributed by atoms with Gasteiger partial charge in [0, 0.05) is 24.7 Å². The molecule has 0 saturated carbocycles. The van der Waals surface area contributed by atoms with Gasteiger partial charge in [-0.15, -0.1) is 0 Å². The molecule has 3 nitrogen and oxygen atoms in total. The van der Waals surface area contributed by atoms with Gasteiger partial charge in [-0.1, -0.05) is 32.0 Å². The molecule has 0 aromatic heterocycles. The minimum atomic E-state index is 0.250. The molecule has 1 heterocycles. The molecule has 1 aliphatic rings. The summed E-state index contributed by atoms with van der Waals surface area (Å²) in [4.78, 5) is 16.6. The van der Waals surface area contributed by atoms with E-state index in [1.54, 1.807) is 0 Å². The number of amides is 1. The summed E-state index contributed by atoms with van der Waals surface area (Å²) < 4.78 is 0. The number of carbonyl (C=O) groups excluding carboxylic acids is 1. The topological polar surface area (TPSA) is 23.6 Å². The summed E-state index contributed by atoms with van der Waals surface area (Å²) in [6.45, 7) is 5.01. The first-order valence-corrected chi connectivity index (χ1v) is 7.06. The average Bonchev–Trinajstić information content (AvgIpc) is 2.36. The molecule has 1 aromatic carbocycles. The Bertz CT molecular complexity index is 454. The third-order valence-electron chi connectivity index (χ3n) is 3.72. The standard InChI is InChI=1S/C16H24N2O/c1-12(2)11-16(19)18-10-9-14(17(3)4)13-7-5-6-8-15(13)18/h5-8,12,14H,9-11H2,1-4H3. The van der Waals surface area contributed by atoms with Gasteiger partial charge in [0.15, 0.2) is 0 Å². The lowest BCUT2D eigenvalue weighted by atomic mass is 9.95. The third-order valence-corrected chi connectivity index (χ3v) is 3.72. The number of fused-ring (bicyclic) bond motifs is 1. The van der Waals surface area contributed by atoms with E-state index in [0.29, 0.717) is 18.4 Å². The molecule has 0 bridgehead atoms. The summed E-state index contributed by atoms with van der Waals surface area (Å²) in [6, 6.07) is 8.72. The number of anilines is 1. The average molecular weight is 260 g/mol. The van der Waals surface area contributed by atoms with Crippen molar-refractivity contribution in [3.8, 4) is 0 Å². The smallest absolute Gasteiger partial charge is 0.227 e. The van der Waals surface area contributed by atoms with Crippen molar-refractivity contribution in [3.63, 3.8) is 0 Å². The second-order valence-corrected chi connectivity index (χ2v) is 5.97. The molecule has 1 unspecified atom stereocenters. The van der Waals surface area contributed by atoms with E-state index in [2.05, 4.69) is 51.0 Å². The summed E-state index contributed by atoms with van der Waals surface area (Å²) in [6.07, 6.45) is 1.63. The lowest BCUT2D eigenvalue weighted by Gasteiger charge is -2.37. The monoisotopic (exact) mass is 260 g/mol. The fourth-order valence-corrected chi connectivity index (χ4v) is 2.80. The SMILES string of the molecule is CC(C)CC(=O)N1CCC(N(C)C)c2ccccc21. The van der Waals surface area contributed by atoms with Gasteiger partial charge in [-0.3, -0.25) is 4.79 Å². The fourth-order valence-electron chi connectivity index (χ4n) is 2.80. The third kappa shape index (κ3) is 2.98. The maximum atomic E-state index is 12.4. The highest BCUT2D eigenvalue weighted by Crippen LogP contribution is 2.36. The van der Waals surface area contributed by atoms with Gasteiger partial charge >= 0.3 is 0 Å². The van der Waals surface area contributed by atoms with Gasteiger partial charge in [0.1, 0.15) is 0 Å². The van der Waals surface area contributed by atoms with Gasteiger partial charge in [-0.25, -0.2) is 0 Å². The summed E-state index contributed by atoms with van der Waals surface area (Å²) in [5.74, 6) is 0.658. The van der Waals surface area contributed by atoms with Gasteiger partial charge in [0.25, 0.3) is 0 Å². The van der Waals surface area contributed by atoms with Gasteiger partial charge in [0.05, 0.1) is 0 Å². The molecule has 0 radical (unpaired) electrons. The first kappa shape index (κ1) is 14.1. The predicted molar refractivity (Wildman–Crippen MR) is 79.3 cm³/mol. The number of nitrogens with zero attached hydrogens (tertiary/aromatic N) is 2. The van der Waals surface area contributed by atoms with E-state index in [1.165, 1.54) is 5.56 Å². The zero-order chi connectivity index (χ0) is 14.0. The molecule has 0 N–H and O–H groups in total. The van der Waals surface area contributed by atoms with Crippen LogP contribution in [0.15, 0.2) is 24.3 Å². The fraction of sp³-hybridized carbons (Fsp3) is 0.562. The Kier molecular flexibility index (Phi) is 4.25. The van der Waals surface area contributed by atoms with E-state index in [-0.39, 0.29) is 5.91 Å². The Morgan fingerprint density at radius 2 is 2.05 bits per heavy atom. The molecular weight excluding hydrogens is 236 g/mol. The van der Waals surface area contributed by atoms with Gasteiger partial charge in [0.2, 0.25) is 5.91 Å². The zero-order valence-electron chi connectivity index (χ0n) is 12.4. The van der Waals surface area contributed by atoms with Gasteiger partial charge in [-0.05, 0) is 38.1 Å². The van der Waals surface area contributed by atoms with Crippen molar-refractivity contribution in [2.75, 3.05) is 25.5 Å². The number of carbonyl (C=O) groups is 1. The molecule has 0 fully saturated rings. The maximum Gasteiger partial charge on any atom is 0.227 e. The summed E-state index contributed by atoms with van der Waals surface area (Å²) in [7, 11) is 4.21. The Hall–Kier alpha value is -1.35. The van der Waals surface area contributed by atoms with E-state index in [4.69, 9.17) is 0 Å². The lowest BCUT2D eigenvalue weighted by Crippen LogP contribution is -2.39. The van der Waals surface area contributed by atoms with Crippen LogP contribution in [0, 0.1) is 5.92 Å². The van der Waals surface area contributed by atoms with Crippen molar-refractivity contribution < 1.29 is 4.79 Å². The van der Waals surface area contributed by atoms with E-state index >= 15 is 0 Å². The predicted octanol–water partition coefficient (Wildman–Crippen LogP) is 3.07. The number of para-hydroxylation sites is 1. The van der Waals surface area contributed by atoms with Crippen LogP contribution in [0.3, 0.4) is 0 Å². The molecule has 0 aliphatic carbocycles. The van der Waals surface area contributed by atoms with Crippen LogP contribution in [0.25, 0.3) is 0 Å². The van der Waals surface area contributed by atoms with Crippen LogP contribution in [-0.4, -0.2) is 31.4 Å². The largest absolute Gasteiger partial charge is 0.312 e. The molecule has 1 aromatic rings. The number of benzene rings is 1. The summed E-state index contributed by atoms with van der Waals surface area (Å²) >= 11 is 0. The van der Waals surface area contributed by atoms with Crippen molar-refractivity contribution >= 4 is 11.6 Å². The first-order chi connectivity index (χ1) is 9.00. The summed E-state index contributed by atoms with van der Waals surface area (Å²) in [5, 5.41) is 0. The number of rotatable bonds is 3. The molecule has 1 atom stereocenters. The Labute approximate surface area is 116 Å². The second kappa shape index (κ2) is 5.74. The van der Waals surface area contributed by atoms with Crippen LogP contribution in [0.4, 0.5) is 5.69 Å². The van der Waals surface area contributed by atoms with Crippen molar-refractivity contribution in [2.45, 2.75) is 32.7 Å². The van der Waals surface area contributed by atoms with Crippen molar-refractivity contribution in [1.82, 2.24) is 4.90 Å². The Balaban J connectivity index is 2.30. The second-order valence-electron chi connectivity index (χ2n) is 5.97. The van der Waals surface area contributed by atoms with Crippen LogP contribution in [0.2, 0.25) is 0 Å². The van der Waals surface area contributed by atoms with Crippen LogP contribution >= 0.6 is 0 Å². The van der Waals surface area contributed by atoms with Crippen LogP contribution < -0.4 is 4.90 Å². The first-order valence-electron chi connectivity index (χ1n) is 7.06. The van der Waals surface area contributed by atoms with E-state index in [1.807, 2.05) is 11.0 Å². The van der Waals surface area contributed by atoms with Crippen LogP contribution in [0.5, 0.6) is 0 Å². The maximum absolute atomic E-state index is 12.4. The lowest BCUT2D eigenvalue weighted by molar-refractivity contribution is -0.119. The molecule has 3 heteroatoms. The van der Waals surface area contributed by atoms with Crippen molar-refractivity contribution in [1.29, 1.82) is 0 Å². The minimum absolute atomic E-state index is 0.250. The van der Waals surface area contributed by atoms with Crippen molar-refractivity contribution in [3.05, 3.63) is 29.8 Å². The molecule has 1 amide bonds. The van der Waals surface area contributed by atoms with Gasteiger partial charge in [-0.2, -0.15) is 0 Å². The molecule has 19 heavy (non-hydrogen) atoms. The molecule has 1 aliphatic heterocycles. The molecular formula is C16H24N2O. The Morgan fingerprint density at radius 3 is 2.68 bits per heavy atom. The zero-order valence-corrected chi connectivity index (χ0v) is 12.4. The highest BCUT2D eigenvalue weighted by atomic mass is 16.2. The van der Waals surface area contributed by atoms with E-state index in [9.17, 15) is 4.79 Å². The molecule has 0 saturated heterocycles. The number of hydrogen-bond acceptors (Lipinski definition) is 2. The quantitative estimate of drug-likeness (QED) is 0.834.